The van der Waals surface area contributed by atoms with E-state index in [0.717, 1.165) is 11.1 Å². The number of allylic oxidation sites excluding steroid dienone is 1. The highest BCUT2D eigenvalue weighted by atomic mass is 35.5. The number of pyridine rings is 1. The van der Waals surface area contributed by atoms with E-state index >= 15 is 0 Å². The smallest absolute Gasteiger partial charge is 0.238 e. The Balaban J connectivity index is 1.64. The Kier molecular flexibility index (Phi) is 3.76. The summed E-state index contributed by atoms with van der Waals surface area (Å²) < 4.78 is 0. The molecule has 6 nitrogen and oxygen atoms in total. The summed E-state index contributed by atoms with van der Waals surface area (Å²) in [5, 5.41) is 10.7. The van der Waals surface area contributed by atoms with E-state index in [1.807, 2.05) is 19.2 Å². The van der Waals surface area contributed by atoms with Gasteiger partial charge in [0.05, 0.1) is 5.02 Å². The molecule has 124 valence electrons. The number of aromatic nitrogens is 3. The van der Waals surface area contributed by atoms with Gasteiger partial charge in [-0.1, -0.05) is 24.4 Å². The lowest BCUT2D eigenvalue weighted by Crippen LogP contribution is -2.29. The van der Waals surface area contributed by atoms with Crippen molar-refractivity contribution in [1.29, 1.82) is 0 Å². The molecule has 0 saturated heterocycles. The number of fused-ring (bicyclic) bond motifs is 1. The maximum absolute atomic E-state index is 10.2. The molecule has 2 aliphatic rings. The predicted molar refractivity (Wildman–Crippen MR) is 96.2 cm³/mol. The van der Waals surface area contributed by atoms with Crippen LogP contribution in [0.25, 0.3) is 11.6 Å². The van der Waals surface area contributed by atoms with Crippen molar-refractivity contribution >= 4 is 41.2 Å². The van der Waals surface area contributed by atoms with Gasteiger partial charge in [0.1, 0.15) is 5.69 Å². The number of imidazole rings is 1. The van der Waals surface area contributed by atoms with Gasteiger partial charge in [0, 0.05) is 36.6 Å². The van der Waals surface area contributed by atoms with Crippen LogP contribution in [0.4, 0.5) is 11.8 Å². The maximum atomic E-state index is 10.2. The van der Waals surface area contributed by atoms with Crippen molar-refractivity contribution in [2.24, 2.45) is 4.99 Å². The molecule has 0 spiro atoms. The SMILES string of the molecule is CN(c1nc(O)c(C=C2C=Nc3ncc(Cl)cc32)[nH]1)C1CCCC1. The van der Waals surface area contributed by atoms with E-state index < -0.39 is 0 Å². The number of rotatable bonds is 3. The summed E-state index contributed by atoms with van der Waals surface area (Å²) in [4.78, 5) is 18.0. The zero-order chi connectivity index (χ0) is 16.7. The van der Waals surface area contributed by atoms with Gasteiger partial charge in [0.25, 0.3) is 0 Å². The molecular weight excluding hydrogens is 326 g/mol. The third-order valence-corrected chi connectivity index (χ3v) is 4.88. The molecule has 7 heteroatoms. The fourth-order valence-corrected chi connectivity index (χ4v) is 3.47. The Bertz CT molecular complexity index is 836. The van der Waals surface area contributed by atoms with Gasteiger partial charge in [0.2, 0.25) is 11.8 Å². The first kappa shape index (κ1) is 15.2. The number of halogens is 1. The topological polar surface area (TPSA) is 77.4 Å². The standard InChI is InChI=1S/C17H18ClN5O/c1-23(12-4-2-3-5-12)17-21-14(16(24)22-17)6-10-8-19-15-13(10)7-11(18)9-20-15/h6-9,12,24H,2-5H2,1H3,(H,21,22). The van der Waals surface area contributed by atoms with Crippen molar-refractivity contribution < 1.29 is 5.11 Å². The second kappa shape index (κ2) is 5.94. The average molecular weight is 344 g/mol. The van der Waals surface area contributed by atoms with Crippen LogP contribution in [0.5, 0.6) is 5.88 Å². The molecule has 0 radical (unpaired) electrons. The van der Waals surface area contributed by atoms with Crippen LogP contribution in [0.1, 0.15) is 36.9 Å². The Morgan fingerprint density at radius 2 is 2.17 bits per heavy atom. The van der Waals surface area contributed by atoms with Crippen molar-refractivity contribution in [3.63, 3.8) is 0 Å². The van der Waals surface area contributed by atoms with E-state index in [1.54, 1.807) is 12.4 Å². The second-order valence-electron chi connectivity index (χ2n) is 6.23. The fraction of sp³-hybridized carbons (Fsp3) is 0.353. The molecule has 0 atom stereocenters. The quantitative estimate of drug-likeness (QED) is 0.888. The second-order valence-corrected chi connectivity index (χ2v) is 6.67. The minimum absolute atomic E-state index is 0.0146. The molecular formula is C17H18ClN5O. The van der Waals surface area contributed by atoms with Crippen LogP contribution >= 0.6 is 11.6 Å². The number of hydrogen-bond donors (Lipinski definition) is 2. The van der Waals surface area contributed by atoms with Crippen molar-refractivity contribution in [1.82, 2.24) is 15.0 Å². The lowest BCUT2D eigenvalue weighted by molar-refractivity contribution is 0.455. The van der Waals surface area contributed by atoms with E-state index in [4.69, 9.17) is 11.6 Å². The van der Waals surface area contributed by atoms with Crippen molar-refractivity contribution in [2.45, 2.75) is 31.7 Å². The van der Waals surface area contributed by atoms with Crippen LogP contribution < -0.4 is 4.90 Å². The molecule has 2 aromatic rings. The summed E-state index contributed by atoms with van der Waals surface area (Å²) >= 11 is 6.02. The summed E-state index contributed by atoms with van der Waals surface area (Å²) in [6.07, 6.45) is 9.94. The molecule has 1 aliphatic carbocycles. The molecule has 0 unspecified atom stereocenters. The molecule has 1 saturated carbocycles. The lowest BCUT2D eigenvalue weighted by Gasteiger charge is -2.23. The number of aromatic hydroxyl groups is 1. The van der Waals surface area contributed by atoms with Gasteiger partial charge in [-0.2, -0.15) is 4.98 Å². The van der Waals surface area contributed by atoms with Crippen molar-refractivity contribution in [2.75, 3.05) is 11.9 Å². The number of aliphatic imine (C=N–C) groups is 1. The van der Waals surface area contributed by atoms with Crippen LogP contribution in [0.2, 0.25) is 5.02 Å². The van der Waals surface area contributed by atoms with Crippen LogP contribution in [-0.4, -0.2) is 39.4 Å². The zero-order valence-electron chi connectivity index (χ0n) is 13.3. The minimum atomic E-state index is -0.0146. The molecule has 2 N–H and O–H groups in total. The number of nitrogens with zero attached hydrogens (tertiary/aromatic N) is 4. The van der Waals surface area contributed by atoms with Gasteiger partial charge in [-0.05, 0) is 25.0 Å². The molecule has 1 fully saturated rings. The normalized spacial score (nSPS) is 18.5. The average Bonchev–Trinajstić information content (AvgIpc) is 3.29. The summed E-state index contributed by atoms with van der Waals surface area (Å²) in [7, 11) is 2.02. The Hall–Kier alpha value is -2.34. The molecule has 24 heavy (non-hydrogen) atoms. The summed E-state index contributed by atoms with van der Waals surface area (Å²) in [6.45, 7) is 0. The maximum Gasteiger partial charge on any atom is 0.238 e. The Labute approximate surface area is 144 Å². The van der Waals surface area contributed by atoms with E-state index in [2.05, 4.69) is 24.8 Å². The summed E-state index contributed by atoms with van der Waals surface area (Å²) in [6, 6.07) is 2.30. The fourth-order valence-electron chi connectivity index (χ4n) is 3.32. The third-order valence-electron chi connectivity index (χ3n) is 4.68. The summed E-state index contributed by atoms with van der Waals surface area (Å²) in [5.41, 5.74) is 2.25. The first-order valence-electron chi connectivity index (χ1n) is 8.05. The molecule has 0 amide bonds. The van der Waals surface area contributed by atoms with Crippen LogP contribution in [0.15, 0.2) is 17.3 Å². The summed E-state index contributed by atoms with van der Waals surface area (Å²) in [5.74, 6) is 1.30. The zero-order valence-corrected chi connectivity index (χ0v) is 14.1. The first-order valence-corrected chi connectivity index (χ1v) is 8.43. The van der Waals surface area contributed by atoms with Gasteiger partial charge in [-0.15, -0.1) is 0 Å². The molecule has 2 aromatic heterocycles. The van der Waals surface area contributed by atoms with Gasteiger partial charge >= 0.3 is 0 Å². The van der Waals surface area contributed by atoms with Crippen LogP contribution in [0, 0.1) is 0 Å². The molecule has 0 aromatic carbocycles. The lowest BCUT2D eigenvalue weighted by atomic mass is 10.1. The number of hydrogen-bond acceptors (Lipinski definition) is 5. The Morgan fingerprint density at radius 1 is 1.38 bits per heavy atom. The molecule has 0 bridgehead atoms. The van der Waals surface area contributed by atoms with E-state index in [-0.39, 0.29) is 5.88 Å². The molecule has 3 heterocycles. The van der Waals surface area contributed by atoms with Gasteiger partial charge in [-0.3, -0.25) is 0 Å². The van der Waals surface area contributed by atoms with E-state index in [9.17, 15) is 5.11 Å². The third kappa shape index (κ3) is 2.67. The number of H-pyrrole nitrogens is 1. The first-order chi connectivity index (χ1) is 11.6. The largest absolute Gasteiger partial charge is 0.492 e. The monoisotopic (exact) mass is 343 g/mol. The highest BCUT2D eigenvalue weighted by molar-refractivity contribution is 6.31. The van der Waals surface area contributed by atoms with E-state index in [1.165, 1.54) is 25.7 Å². The predicted octanol–water partition coefficient (Wildman–Crippen LogP) is 3.80. The van der Waals surface area contributed by atoms with Crippen LogP contribution in [-0.2, 0) is 0 Å². The Morgan fingerprint density at radius 3 is 2.96 bits per heavy atom. The highest BCUT2D eigenvalue weighted by Gasteiger charge is 2.23. The van der Waals surface area contributed by atoms with E-state index in [0.29, 0.717) is 28.5 Å². The minimum Gasteiger partial charge on any atom is -0.492 e. The molecule has 4 rings (SSSR count). The highest BCUT2D eigenvalue weighted by Crippen LogP contribution is 2.34. The van der Waals surface area contributed by atoms with Gasteiger partial charge in [0.15, 0.2) is 5.82 Å². The van der Waals surface area contributed by atoms with Crippen molar-refractivity contribution in [3.05, 3.63) is 28.5 Å². The van der Waals surface area contributed by atoms with Crippen LogP contribution in [0.3, 0.4) is 0 Å². The number of anilines is 1. The molecule has 1 aliphatic heterocycles. The number of aromatic amines is 1. The van der Waals surface area contributed by atoms with Gasteiger partial charge in [-0.25, -0.2) is 9.98 Å². The van der Waals surface area contributed by atoms with Gasteiger partial charge < -0.3 is 15.0 Å². The van der Waals surface area contributed by atoms with Crippen molar-refractivity contribution in [3.8, 4) is 5.88 Å². The number of nitrogens with one attached hydrogen (secondary N) is 1.